The van der Waals surface area contributed by atoms with Gasteiger partial charge in [0.15, 0.2) is 0 Å². The van der Waals surface area contributed by atoms with Crippen molar-refractivity contribution < 1.29 is 8.42 Å². The molecule has 3 rings (SSSR count). The van der Waals surface area contributed by atoms with Gasteiger partial charge in [0.05, 0.1) is 17.9 Å². The summed E-state index contributed by atoms with van der Waals surface area (Å²) < 4.78 is 26.3. The highest BCUT2D eigenvalue weighted by Crippen LogP contribution is 2.30. The number of sulfonamides is 1. The Bertz CT molecular complexity index is 802. The summed E-state index contributed by atoms with van der Waals surface area (Å²) in [5, 5.41) is 3.00. The van der Waals surface area contributed by atoms with Gasteiger partial charge in [-0.1, -0.05) is 12.1 Å². The van der Waals surface area contributed by atoms with Crippen molar-refractivity contribution in [2.45, 2.75) is 11.4 Å². The van der Waals surface area contributed by atoms with Crippen LogP contribution in [0.5, 0.6) is 0 Å². The molecule has 2 aromatic rings. The van der Waals surface area contributed by atoms with Crippen LogP contribution < -0.4 is 5.32 Å². The zero-order chi connectivity index (χ0) is 14.9. The lowest BCUT2D eigenvalue weighted by Gasteiger charge is -2.23. The summed E-state index contributed by atoms with van der Waals surface area (Å²) in [6, 6.07) is 10.3. The topological polar surface area (TPSA) is 74.7 Å². The van der Waals surface area contributed by atoms with Crippen molar-refractivity contribution in [1.29, 1.82) is 0 Å². The van der Waals surface area contributed by atoms with Crippen molar-refractivity contribution in [3.05, 3.63) is 48.3 Å². The van der Waals surface area contributed by atoms with E-state index in [9.17, 15) is 8.42 Å². The van der Waals surface area contributed by atoms with Crippen LogP contribution in [0.2, 0.25) is 0 Å². The van der Waals surface area contributed by atoms with Gasteiger partial charge < -0.3 is 5.32 Å². The van der Waals surface area contributed by atoms with Gasteiger partial charge in [-0.25, -0.2) is 13.4 Å². The van der Waals surface area contributed by atoms with E-state index in [1.165, 1.54) is 10.6 Å². The van der Waals surface area contributed by atoms with Gasteiger partial charge in [-0.05, 0) is 24.3 Å². The summed E-state index contributed by atoms with van der Waals surface area (Å²) >= 11 is 0. The number of nitrogens with zero attached hydrogens (tertiary/aromatic N) is 3. The third kappa shape index (κ3) is 2.47. The Kier molecular flexibility index (Phi) is 3.34. The maximum Gasteiger partial charge on any atom is 0.267 e. The van der Waals surface area contributed by atoms with E-state index in [1.807, 2.05) is 12.1 Å². The molecular formula is C14H14N4O2S. The first-order valence-electron chi connectivity index (χ1n) is 6.39. The third-order valence-electron chi connectivity index (χ3n) is 3.20. The van der Waals surface area contributed by atoms with Crippen LogP contribution in [0.1, 0.15) is 5.69 Å². The number of aliphatic imine (C=N–C) groups is 1. The number of fused-ring (bicyclic) bond motifs is 1. The largest absolute Gasteiger partial charge is 0.388 e. The van der Waals surface area contributed by atoms with Gasteiger partial charge in [0.1, 0.15) is 11.2 Å². The Morgan fingerprint density at radius 1 is 1.24 bits per heavy atom. The van der Waals surface area contributed by atoms with Crippen LogP contribution in [-0.4, -0.2) is 31.1 Å². The molecule has 0 unspecified atom stereocenters. The molecule has 0 bridgehead atoms. The fraction of sp³-hybridized carbons (Fsp3) is 0.143. The van der Waals surface area contributed by atoms with Gasteiger partial charge in [-0.3, -0.25) is 9.29 Å². The molecule has 6 nitrogen and oxygen atoms in total. The Hall–Kier alpha value is -2.41. The highest BCUT2D eigenvalue weighted by Gasteiger charge is 2.28. The molecule has 0 spiro atoms. The van der Waals surface area contributed by atoms with E-state index in [4.69, 9.17) is 0 Å². The monoisotopic (exact) mass is 302 g/mol. The minimum Gasteiger partial charge on any atom is -0.388 e. The van der Waals surface area contributed by atoms with Crippen molar-refractivity contribution in [2.75, 3.05) is 12.4 Å². The second-order valence-corrected chi connectivity index (χ2v) is 6.41. The predicted octanol–water partition coefficient (Wildman–Crippen LogP) is 1.99. The molecule has 0 atom stereocenters. The van der Waals surface area contributed by atoms with Gasteiger partial charge in [-0.2, -0.15) is 0 Å². The van der Waals surface area contributed by atoms with E-state index in [2.05, 4.69) is 15.3 Å². The van der Waals surface area contributed by atoms with E-state index in [1.54, 1.807) is 37.5 Å². The smallest absolute Gasteiger partial charge is 0.267 e. The molecule has 1 aromatic heterocycles. The number of anilines is 1. The predicted molar refractivity (Wildman–Crippen MR) is 81.1 cm³/mol. The SMILES string of the molecule is CNc1ccnc(CN2C=Nc3ccccc3S2(=O)=O)c1. The van der Waals surface area contributed by atoms with Gasteiger partial charge >= 0.3 is 0 Å². The summed E-state index contributed by atoms with van der Waals surface area (Å²) in [6.45, 7) is 0.148. The number of pyridine rings is 1. The second-order valence-electron chi connectivity index (χ2n) is 4.55. The standard InChI is InChI=1S/C14H14N4O2S/c1-15-11-6-7-16-12(8-11)9-18-10-17-13-4-2-3-5-14(13)21(18,19)20/h2-8,10H,9H2,1H3,(H,15,16). The lowest BCUT2D eigenvalue weighted by Crippen LogP contribution is -2.31. The van der Waals surface area contributed by atoms with E-state index in [0.717, 1.165) is 5.69 Å². The average Bonchev–Trinajstić information content (AvgIpc) is 2.51. The first-order valence-corrected chi connectivity index (χ1v) is 7.83. The van der Waals surface area contributed by atoms with Crippen molar-refractivity contribution in [3.8, 4) is 0 Å². The zero-order valence-electron chi connectivity index (χ0n) is 11.4. The van der Waals surface area contributed by atoms with Crippen molar-refractivity contribution in [1.82, 2.24) is 9.29 Å². The van der Waals surface area contributed by atoms with Crippen LogP contribution in [0.3, 0.4) is 0 Å². The Balaban J connectivity index is 1.94. The summed E-state index contributed by atoms with van der Waals surface area (Å²) in [7, 11) is -1.78. The molecule has 0 radical (unpaired) electrons. The highest BCUT2D eigenvalue weighted by molar-refractivity contribution is 7.89. The van der Waals surface area contributed by atoms with Gasteiger partial charge in [0.25, 0.3) is 10.0 Å². The molecule has 1 N–H and O–H groups in total. The Labute approximate surface area is 123 Å². The quantitative estimate of drug-likeness (QED) is 0.941. The molecule has 0 amide bonds. The minimum atomic E-state index is -3.58. The Morgan fingerprint density at radius 3 is 2.86 bits per heavy atom. The summed E-state index contributed by atoms with van der Waals surface area (Å²) in [6.07, 6.45) is 2.98. The molecule has 108 valence electrons. The van der Waals surface area contributed by atoms with Crippen LogP contribution in [0.25, 0.3) is 0 Å². The van der Waals surface area contributed by atoms with Crippen LogP contribution in [0, 0.1) is 0 Å². The van der Waals surface area contributed by atoms with Crippen LogP contribution in [0.4, 0.5) is 11.4 Å². The van der Waals surface area contributed by atoms with E-state index >= 15 is 0 Å². The number of aromatic nitrogens is 1. The third-order valence-corrected chi connectivity index (χ3v) is 4.94. The van der Waals surface area contributed by atoms with Crippen molar-refractivity contribution >= 4 is 27.7 Å². The summed E-state index contributed by atoms with van der Waals surface area (Å²) in [5.74, 6) is 0. The minimum absolute atomic E-state index is 0.148. The number of para-hydroxylation sites is 1. The molecule has 1 aliphatic rings. The summed E-state index contributed by atoms with van der Waals surface area (Å²) in [5.41, 5.74) is 1.99. The highest BCUT2D eigenvalue weighted by atomic mass is 32.2. The summed E-state index contributed by atoms with van der Waals surface area (Å²) in [4.78, 5) is 8.60. The maximum atomic E-state index is 12.6. The second kappa shape index (κ2) is 5.17. The zero-order valence-corrected chi connectivity index (χ0v) is 12.2. The van der Waals surface area contributed by atoms with Crippen LogP contribution >= 0.6 is 0 Å². The molecule has 0 aliphatic carbocycles. The van der Waals surface area contributed by atoms with Crippen LogP contribution in [0.15, 0.2) is 52.5 Å². The lowest BCUT2D eigenvalue weighted by atomic mass is 10.3. The van der Waals surface area contributed by atoms with Crippen molar-refractivity contribution in [2.24, 2.45) is 4.99 Å². The lowest BCUT2D eigenvalue weighted by molar-refractivity contribution is 0.518. The normalized spacial score (nSPS) is 15.6. The average molecular weight is 302 g/mol. The van der Waals surface area contributed by atoms with Crippen molar-refractivity contribution in [3.63, 3.8) is 0 Å². The van der Waals surface area contributed by atoms with Gasteiger partial charge in [-0.15, -0.1) is 0 Å². The number of rotatable bonds is 3. The fourth-order valence-corrected chi connectivity index (χ4v) is 3.46. The number of benzene rings is 1. The molecule has 0 fully saturated rings. The first kappa shape index (κ1) is 13.6. The Morgan fingerprint density at radius 2 is 2.05 bits per heavy atom. The molecule has 0 saturated carbocycles. The van der Waals surface area contributed by atoms with Gasteiger partial charge in [0, 0.05) is 18.9 Å². The molecule has 1 aliphatic heterocycles. The molecular weight excluding hydrogens is 288 g/mol. The molecule has 0 saturated heterocycles. The first-order chi connectivity index (χ1) is 10.1. The van der Waals surface area contributed by atoms with Crippen LogP contribution in [-0.2, 0) is 16.6 Å². The number of hydrogen-bond acceptors (Lipinski definition) is 5. The van der Waals surface area contributed by atoms with E-state index in [0.29, 0.717) is 11.4 Å². The number of hydrogen-bond donors (Lipinski definition) is 1. The molecule has 21 heavy (non-hydrogen) atoms. The number of nitrogens with one attached hydrogen (secondary N) is 1. The molecule has 1 aromatic carbocycles. The van der Waals surface area contributed by atoms with E-state index in [-0.39, 0.29) is 11.4 Å². The maximum absolute atomic E-state index is 12.6. The van der Waals surface area contributed by atoms with Gasteiger partial charge in [0.2, 0.25) is 0 Å². The molecule has 7 heteroatoms. The van der Waals surface area contributed by atoms with E-state index < -0.39 is 10.0 Å². The fourth-order valence-electron chi connectivity index (χ4n) is 2.10. The molecule has 2 heterocycles.